The van der Waals surface area contributed by atoms with Crippen LogP contribution >= 0.6 is 24.2 Å². The Morgan fingerprint density at radius 2 is 2.04 bits per heavy atom. The number of carbonyl (C=O) groups excluding carboxylic acids is 1. The highest BCUT2D eigenvalue weighted by Gasteiger charge is 2.30. The van der Waals surface area contributed by atoms with E-state index in [1.807, 2.05) is 18.2 Å². The van der Waals surface area contributed by atoms with Gasteiger partial charge in [-0.05, 0) is 25.0 Å². The fourth-order valence-electron chi connectivity index (χ4n) is 3.63. The van der Waals surface area contributed by atoms with Gasteiger partial charge < -0.3 is 19.7 Å². The molecule has 6 nitrogen and oxygen atoms in total. The fourth-order valence-corrected chi connectivity index (χ4v) is 4.89. The molecule has 1 saturated heterocycles. The average Bonchev–Trinajstić information content (AvgIpc) is 3.24. The molecule has 2 heterocycles. The van der Waals surface area contributed by atoms with Crippen molar-refractivity contribution in [2.24, 2.45) is 4.99 Å². The van der Waals surface area contributed by atoms with E-state index >= 15 is 0 Å². The quantitative estimate of drug-likeness (QED) is 0.813. The monoisotopic (exact) mass is 411 g/mol. The molecular weight excluding hydrogens is 386 g/mol. The number of halogens is 1. The van der Waals surface area contributed by atoms with Gasteiger partial charge in [-0.2, -0.15) is 0 Å². The molecule has 1 unspecified atom stereocenters. The van der Waals surface area contributed by atoms with E-state index in [9.17, 15) is 4.79 Å². The number of ether oxygens (including phenoxy) is 2. The molecule has 0 aromatic heterocycles. The number of carbonyl (C=O) groups is 1. The van der Waals surface area contributed by atoms with Gasteiger partial charge in [0.1, 0.15) is 0 Å². The van der Waals surface area contributed by atoms with E-state index in [4.69, 9.17) is 14.5 Å². The van der Waals surface area contributed by atoms with Crippen LogP contribution in [0.1, 0.15) is 38.5 Å². The van der Waals surface area contributed by atoms with E-state index in [1.54, 1.807) is 11.8 Å². The standard InChI is InChI=1S/C19H25N3O3S.ClH/c1-22-15(11-26-19(22)21-13-5-3-2-4-6-13)10-18(23)20-14-7-8-16-17(9-14)25-12-24-16;/h7-9,13,15H,2-6,10-12H2,1H3,(H,20,23);1H/b21-19-;. The highest BCUT2D eigenvalue weighted by Crippen LogP contribution is 2.34. The maximum absolute atomic E-state index is 12.5. The summed E-state index contributed by atoms with van der Waals surface area (Å²) in [7, 11) is 2.06. The molecule has 148 valence electrons. The molecule has 0 spiro atoms. The normalized spacial score (nSPS) is 23.4. The number of nitrogens with one attached hydrogen (secondary N) is 1. The zero-order chi connectivity index (χ0) is 17.9. The van der Waals surface area contributed by atoms with Crippen LogP contribution in [0.4, 0.5) is 5.69 Å². The van der Waals surface area contributed by atoms with E-state index in [0.29, 0.717) is 18.2 Å². The Bertz CT molecular complexity index is 709. The number of amides is 1. The molecule has 27 heavy (non-hydrogen) atoms. The lowest BCUT2D eigenvalue weighted by atomic mass is 9.96. The number of hydrogen-bond acceptors (Lipinski definition) is 5. The molecule has 0 radical (unpaired) electrons. The molecule has 1 amide bonds. The van der Waals surface area contributed by atoms with Crippen LogP contribution in [0.5, 0.6) is 11.5 Å². The Labute approximate surface area is 170 Å². The second-order valence-corrected chi connectivity index (χ2v) is 8.09. The fraction of sp³-hybridized carbons (Fsp3) is 0.579. The highest BCUT2D eigenvalue weighted by atomic mass is 35.5. The number of nitrogens with zero attached hydrogens (tertiary/aromatic N) is 2. The number of hydrogen-bond donors (Lipinski definition) is 1. The van der Waals surface area contributed by atoms with Gasteiger partial charge in [-0.1, -0.05) is 31.0 Å². The van der Waals surface area contributed by atoms with Crippen molar-refractivity contribution in [3.05, 3.63) is 18.2 Å². The first-order valence-electron chi connectivity index (χ1n) is 9.32. The number of thioether (sulfide) groups is 1. The van der Waals surface area contributed by atoms with Crippen molar-refractivity contribution in [1.82, 2.24) is 4.90 Å². The Hall–Kier alpha value is -1.60. The molecule has 0 bridgehead atoms. The van der Waals surface area contributed by atoms with Gasteiger partial charge in [0, 0.05) is 37.0 Å². The highest BCUT2D eigenvalue weighted by molar-refractivity contribution is 8.14. The Morgan fingerprint density at radius 3 is 2.85 bits per heavy atom. The van der Waals surface area contributed by atoms with Crippen LogP contribution in [0.25, 0.3) is 0 Å². The molecule has 2 aliphatic heterocycles. The first-order valence-corrected chi connectivity index (χ1v) is 10.3. The summed E-state index contributed by atoms with van der Waals surface area (Å²) in [5, 5.41) is 4.06. The molecule has 3 aliphatic rings. The number of rotatable bonds is 4. The van der Waals surface area contributed by atoms with Crippen LogP contribution in [0, 0.1) is 0 Å². The molecule has 8 heteroatoms. The lowest BCUT2D eigenvalue weighted by molar-refractivity contribution is -0.116. The summed E-state index contributed by atoms with van der Waals surface area (Å²) in [6.45, 7) is 0.236. The second-order valence-electron chi connectivity index (χ2n) is 7.10. The summed E-state index contributed by atoms with van der Waals surface area (Å²) >= 11 is 1.78. The minimum atomic E-state index is 0. The van der Waals surface area contributed by atoms with Gasteiger partial charge in [-0.15, -0.1) is 12.4 Å². The van der Waals surface area contributed by atoms with Gasteiger partial charge in [-0.25, -0.2) is 0 Å². The van der Waals surface area contributed by atoms with Crippen LogP contribution < -0.4 is 14.8 Å². The number of fused-ring (bicyclic) bond motifs is 1. The molecular formula is C19H26ClN3O3S. The Morgan fingerprint density at radius 1 is 1.26 bits per heavy atom. The van der Waals surface area contributed by atoms with Crippen molar-refractivity contribution in [3.63, 3.8) is 0 Å². The second kappa shape index (κ2) is 9.06. The van der Waals surface area contributed by atoms with Crippen molar-refractivity contribution < 1.29 is 14.3 Å². The van der Waals surface area contributed by atoms with Crippen LogP contribution in [-0.4, -0.2) is 47.7 Å². The van der Waals surface area contributed by atoms with E-state index in [-0.39, 0.29) is 31.1 Å². The summed E-state index contributed by atoms with van der Waals surface area (Å²) in [5.74, 6) is 2.33. The maximum Gasteiger partial charge on any atom is 0.231 e. The van der Waals surface area contributed by atoms with Gasteiger partial charge >= 0.3 is 0 Å². The molecule has 1 aliphatic carbocycles. The van der Waals surface area contributed by atoms with Crippen LogP contribution in [0.3, 0.4) is 0 Å². The summed E-state index contributed by atoms with van der Waals surface area (Å²) in [5.41, 5.74) is 0.739. The third-order valence-corrected chi connectivity index (χ3v) is 6.40. The van der Waals surface area contributed by atoms with Crippen LogP contribution in [0.15, 0.2) is 23.2 Å². The van der Waals surface area contributed by atoms with E-state index < -0.39 is 0 Å². The third-order valence-electron chi connectivity index (χ3n) is 5.20. The molecule has 4 rings (SSSR count). The van der Waals surface area contributed by atoms with Gasteiger partial charge in [0.25, 0.3) is 0 Å². The molecule has 1 saturated carbocycles. The largest absolute Gasteiger partial charge is 0.454 e. The average molecular weight is 412 g/mol. The first-order chi connectivity index (χ1) is 12.7. The number of benzene rings is 1. The topological polar surface area (TPSA) is 63.2 Å². The maximum atomic E-state index is 12.5. The van der Waals surface area contributed by atoms with Gasteiger partial charge in [-0.3, -0.25) is 9.79 Å². The lowest BCUT2D eigenvalue weighted by Gasteiger charge is -2.23. The Kier molecular flexibility index (Phi) is 6.76. The molecule has 1 aromatic rings. The van der Waals surface area contributed by atoms with Gasteiger partial charge in [0.15, 0.2) is 16.7 Å². The van der Waals surface area contributed by atoms with Crippen molar-refractivity contribution in [3.8, 4) is 11.5 Å². The van der Waals surface area contributed by atoms with E-state index in [1.165, 1.54) is 32.1 Å². The number of amidine groups is 1. The predicted molar refractivity (Wildman–Crippen MR) is 111 cm³/mol. The SMILES string of the molecule is CN1/C(=N/C2CCCCC2)SCC1CC(=O)Nc1ccc2c(c1)OCO2.Cl. The first kappa shape index (κ1) is 20.1. The van der Waals surface area contributed by atoms with Crippen LogP contribution in [0.2, 0.25) is 0 Å². The van der Waals surface area contributed by atoms with Crippen molar-refractivity contribution >= 4 is 40.9 Å². The predicted octanol–water partition coefficient (Wildman–Crippen LogP) is 3.90. The molecule has 1 N–H and O–H groups in total. The molecule has 1 aromatic carbocycles. The summed E-state index contributed by atoms with van der Waals surface area (Å²) in [4.78, 5) is 19.6. The van der Waals surface area contributed by atoms with Crippen LogP contribution in [-0.2, 0) is 4.79 Å². The summed E-state index contributed by atoms with van der Waals surface area (Å²) in [6.07, 6.45) is 6.78. The zero-order valence-electron chi connectivity index (χ0n) is 15.5. The lowest BCUT2D eigenvalue weighted by Crippen LogP contribution is -2.34. The number of anilines is 1. The van der Waals surface area contributed by atoms with E-state index in [0.717, 1.165) is 22.4 Å². The zero-order valence-corrected chi connectivity index (χ0v) is 17.1. The Balaban J connectivity index is 0.00000210. The van der Waals surface area contributed by atoms with E-state index in [2.05, 4.69) is 17.3 Å². The molecule has 2 fully saturated rings. The minimum Gasteiger partial charge on any atom is -0.454 e. The summed E-state index contributed by atoms with van der Waals surface area (Å²) in [6, 6.07) is 6.13. The van der Waals surface area contributed by atoms with Crippen molar-refractivity contribution in [2.75, 3.05) is 24.9 Å². The van der Waals surface area contributed by atoms with Crippen molar-refractivity contribution in [2.45, 2.75) is 50.6 Å². The van der Waals surface area contributed by atoms with Gasteiger partial charge in [0.05, 0.1) is 6.04 Å². The molecule has 1 atom stereocenters. The minimum absolute atomic E-state index is 0. The van der Waals surface area contributed by atoms with Crippen molar-refractivity contribution in [1.29, 1.82) is 0 Å². The van der Waals surface area contributed by atoms with Gasteiger partial charge in [0.2, 0.25) is 12.7 Å². The summed E-state index contributed by atoms with van der Waals surface area (Å²) < 4.78 is 10.7. The smallest absolute Gasteiger partial charge is 0.231 e. The third kappa shape index (κ3) is 4.82. The number of aliphatic imine (C=N–C) groups is 1.